The Morgan fingerprint density at radius 3 is 2.59 bits per heavy atom. The van der Waals surface area contributed by atoms with Gasteiger partial charge in [-0.05, 0) is 74.4 Å². The van der Waals surface area contributed by atoms with Gasteiger partial charge in [-0.15, -0.1) is 10.2 Å². The Kier molecular flexibility index (Phi) is 6.96. The number of rotatable bonds is 10. The topological polar surface area (TPSA) is 55.6 Å². The maximum absolute atomic E-state index is 4.33. The highest BCUT2D eigenvalue weighted by molar-refractivity contribution is 7.99. The quantitative estimate of drug-likeness (QED) is 0.404. The Balaban J connectivity index is 1.08. The lowest BCUT2D eigenvalue weighted by Gasteiger charge is -2.09. The van der Waals surface area contributed by atoms with Gasteiger partial charge in [-0.25, -0.2) is 0 Å². The summed E-state index contributed by atoms with van der Waals surface area (Å²) < 4.78 is 2.05. The normalized spacial score (nSPS) is 13.7. The highest BCUT2D eigenvalue weighted by Gasteiger charge is 2.20. The van der Waals surface area contributed by atoms with Crippen molar-refractivity contribution in [3.8, 4) is 11.4 Å². The predicted molar refractivity (Wildman–Crippen MR) is 119 cm³/mol. The molecule has 3 aromatic rings. The van der Waals surface area contributed by atoms with E-state index in [9.17, 15) is 0 Å². The molecular weight excluding hydrogens is 378 g/mol. The number of nitrogens with one attached hydrogen (secondary N) is 1. The number of aromatic nitrogens is 4. The smallest absolute Gasteiger partial charge is 0.191 e. The molecule has 2 aromatic heterocycles. The standard InChI is InChI=1S/C23H29N5S/c1-28-22(21-10-5-12-25-17-21)26-27-23(28)29-14-6-13-24-11-4-7-18-15-19-8-2-3-9-20(19)16-18/h2-3,5,8-10,12,17-18,24H,4,6-7,11,13-16H2,1H3. The van der Waals surface area contributed by atoms with E-state index >= 15 is 0 Å². The van der Waals surface area contributed by atoms with Crippen LogP contribution in [0.3, 0.4) is 0 Å². The lowest BCUT2D eigenvalue weighted by molar-refractivity contribution is 0.478. The number of nitrogens with zero attached hydrogens (tertiary/aromatic N) is 4. The molecular formula is C23H29N5S. The van der Waals surface area contributed by atoms with Crippen LogP contribution in [0.15, 0.2) is 53.9 Å². The average molecular weight is 408 g/mol. The number of thioether (sulfide) groups is 1. The van der Waals surface area contributed by atoms with Gasteiger partial charge in [0.1, 0.15) is 0 Å². The van der Waals surface area contributed by atoms with Crippen molar-refractivity contribution >= 4 is 11.8 Å². The van der Waals surface area contributed by atoms with Gasteiger partial charge in [0.05, 0.1) is 0 Å². The summed E-state index contributed by atoms with van der Waals surface area (Å²) in [5.41, 5.74) is 4.14. The van der Waals surface area contributed by atoms with Gasteiger partial charge < -0.3 is 9.88 Å². The third-order valence-corrected chi connectivity index (χ3v) is 6.69. The van der Waals surface area contributed by atoms with E-state index in [1.54, 1.807) is 29.1 Å². The summed E-state index contributed by atoms with van der Waals surface area (Å²) >= 11 is 1.77. The summed E-state index contributed by atoms with van der Waals surface area (Å²) in [6.45, 7) is 2.18. The summed E-state index contributed by atoms with van der Waals surface area (Å²) in [6, 6.07) is 12.9. The van der Waals surface area contributed by atoms with Crippen LogP contribution in [0.25, 0.3) is 11.4 Å². The van der Waals surface area contributed by atoms with Crippen LogP contribution in [0.1, 0.15) is 30.4 Å². The number of hydrogen-bond donors (Lipinski definition) is 1. The molecule has 0 saturated carbocycles. The average Bonchev–Trinajstić information content (AvgIpc) is 3.33. The fraction of sp³-hybridized carbons (Fsp3) is 0.435. The van der Waals surface area contributed by atoms with Gasteiger partial charge in [0, 0.05) is 30.8 Å². The van der Waals surface area contributed by atoms with Crippen molar-refractivity contribution in [2.45, 2.75) is 37.3 Å². The maximum atomic E-state index is 4.33. The third kappa shape index (κ3) is 5.25. The molecule has 0 fully saturated rings. The van der Waals surface area contributed by atoms with E-state index in [1.165, 1.54) is 25.7 Å². The molecule has 0 aliphatic heterocycles. The second-order valence-electron chi connectivity index (χ2n) is 7.74. The van der Waals surface area contributed by atoms with Crippen molar-refractivity contribution in [1.82, 2.24) is 25.1 Å². The highest BCUT2D eigenvalue weighted by atomic mass is 32.2. The van der Waals surface area contributed by atoms with Crippen LogP contribution in [-0.4, -0.2) is 38.6 Å². The molecule has 29 heavy (non-hydrogen) atoms. The Morgan fingerprint density at radius 2 is 1.83 bits per heavy atom. The van der Waals surface area contributed by atoms with Crippen LogP contribution in [0, 0.1) is 5.92 Å². The zero-order chi connectivity index (χ0) is 19.9. The number of hydrogen-bond acceptors (Lipinski definition) is 5. The van der Waals surface area contributed by atoms with E-state index in [0.717, 1.165) is 47.7 Å². The highest BCUT2D eigenvalue weighted by Crippen LogP contribution is 2.29. The summed E-state index contributed by atoms with van der Waals surface area (Å²) in [5.74, 6) is 2.76. The van der Waals surface area contributed by atoms with Gasteiger partial charge in [-0.3, -0.25) is 4.98 Å². The second-order valence-corrected chi connectivity index (χ2v) is 8.81. The van der Waals surface area contributed by atoms with Crippen LogP contribution in [0.5, 0.6) is 0 Å². The van der Waals surface area contributed by atoms with Gasteiger partial charge in [0.15, 0.2) is 11.0 Å². The van der Waals surface area contributed by atoms with Crippen LogP contribution in [0.4, 0.5) is 0 Å². The Labute approximate surface area is 177 Å². The zero-order valence-electron chi connectivity index (χ0n) is 17.1. The zero-order valence-corrected chi connectivity index (χ0v) is 17.9. The van der Waals surface area contributed by atoms with Crippen LogP contribution < -0.4 is 5.32 Å². The monoisotopic (exact) mass is 407 g/mol. The molecule has 0 bridgehead atoms. The van der Waals surface area contributed by atoms with Crippen molar-refractivity contribution in [2.24, 2.45) is 13.0 Å². The first kappa shape index (κ1) is 20.1. The molecule has 1 N–H and O–H groups in total. The summed E-state index contributed by atoms with van der Waals surface area (Å²) in [5, 5.41) is 13.2. The van der Waals surface area contributed by atoms with Crippen molar-refractivity contribution in [1.29, 1.82) is 0 Å². The van der Waals surface area contributed by atoms with E-state index in [-0.39, 0.29) is 0 Å². The predicted octanol–water partition coefficient (Wildman–Crippen LogP) is 4.14. The van der Waals surface area contributed by atoms with E-state index < -0.39 is 0 Å². The Bertz CT molecular complexity index is 884. The minimum Gasteiger partial charge on any atom is -0.317 e. The SMILES string of the molecule is Cn1c(SCCCNCCCC2Cc3ccccc3C2)nnc1-c1cccnc1. The first-order valence-electron chi connectivity index (χ1n) is 10.5. The molecule has 0 saturated heterocycles. The lowest BCUT2D eigenvalue weighted by atomic mass is 10.0. The number of pyridine rings is 1. The minimum absolute atomic E-state index is 0.842. The molecule has 1 aliphatic rings. The van der Waals surface area contributed by atoms with Crippen LogP contribution in [0.2, 0.25) is 0 Å². The molecule has 0 spiro atoms. The molecule has 0 atom stereocenters. The van der Waals surface area contributed by atoms with Crippen molar-refractivity contribution in [3.63, 3.8) is 0 Å². The summed E-state index contributed by atoms with van der Waals surface area (Å²) in [4.78, 5) is 4.16. The molecule has 0 amide bonds. The molecule has 0 radical (unpaired) electrons. The van der Waals surface area contributed by atoms with Crippen molar-refractivity contribution in [2.75, 3.05) is 18.8 Å². The molecule has 4 rings (SSSR count). The van der Waals surface area contributed by atoms with Crippen molar-refractivity contribution in [3.05, 3.63) is 59.9 Å². The molecule has 1 aliphatic carbocycles. The Morgan fingerprint density at radius 1 is 1.03 bits per heavy atom. The van der Waals surface area contributed by atoms with Gasteiger partial charge in [-0.2, -0.15) is 0 Å². The first-order valence-corrected chi connectivity index (χ1v) is 11.5. The van der Waals surface area contributed by atoms with Gasteiger partial charge in [-0.1, -0.05) is 36.0 Å². The van der Waals surface area contributed by atoms with E-state index in [1.807, 2.05) is 25.4 Å². The minimum atomic E-state index is 0.842. The van der Waals surface area contributed by atoms with Crippen LogP contribution >= 0.6 is 11.8 Å². The van der Waals surface area contributed by atoms with Gasteiger partial charge in [0.25, 0.3) is 0 Å². The lowest BCUT2D eigenvalue weighted by Crippen LogP contribution is -2.18. The Hall–Kier alpha value is -2.18. The van der Waals surface area contributed by atoms with Crippen molar-refractivity contribution < 1.29 is 0 Å². The number of fused-ring (bicyclic) bond motifs is 1. The molecule has 2 heterocycles. The molecule has 5 nitrogen and oxygen atoms in total. The van der Waals surface area contributed by atoms with Gasteiger partial charge in [0.2, 0.25) is 0 Å². The van der Waals surface area contributed by atoms with Gasteiger partial charge >= 0.3 is 0 Å². The molecule has 152 valence electrons. The summed E-state index contributed by atoms with van der Waals surface area (Å²) in [6.07, 6.45) is 9.86. The fourth-order valence-electron chi connectivity index (χ4n) is 4.04. The third-order valence-electron chi connectivity index (χ3n) is 5.59. The van der Waals surface area contributed by atoms with E-state index in [0.29, 0.717) is 0 Å². The number of benzene rings is 1. The maximum Gasteiger partial charge on any atom is 0.191 e. The van der Waals surface area contributed by atoms with Crippen LogP contribution in [-0.2, 0) is 19.9 Å². The fourth-order valence-corrected chi connectivity index (χ4v) is 4.89. The molecule has 6 heteroatoms. The van der Waals surface area contributed by atoms with E-state index in [2.05, 4.69) is 49.3 Å². The summed E-state index contributed by atoms with van der Waals surface area (Å²) in [7, 11) is 2.02. The largest absolute Gasteiger partial charge is 0.317 e. The molecule has 1 aromatic carbocycles. The molecule has 0 unspecified atom stereocenters. The second kappa shape index (κ2) is 10.0. The van der Waals surface area contributed by atoms with E-state index in [4.69, 9.17) is 0 Å². The first-order chi connectivity index (χ1) is 14.3.